The van der Waals surface area contributed by atoms with E-state index < -0.39 is 5.82 Å². The van der Waals surface area contributed by atoms with Gasteiger partial charge in [0.15, 0.2) is 5.78 Å². The number of benzene rings is 2. The van der Waals surface area contributed by atoms with Gasteiger partial charge in [0, 0.05) is 22.6 Å². The summed E-state index contributed by atoms with van der Waals surface area (Å²) >= 11 is 7.05. The number of carbonyl (C=O) groups excluding carboxylic acids is 2. The number of carbonyl (C=O) groups is 2. The topological polar surface area (TPSA) is 64.6 Å². The maximum absolute atomic E-state index is 14.0. The lowest BCUT2D eigenvalue weighted by molar-refractivity contribution is -0.113. The smallest absolute Gasteiger partial charge is 0.234 e. The van der Waals surface area contributed by atoms with E-state index in [0.717, 1.165) is 17.8 Å². The fraction of sp³-hybridized carbons (Fsp3) is 0.222. The van der Waals surface area contributed by atoms with Gasteiger partial charge in [0.1, 0.15) is 17.3 Å². The minimum atomic E-state index is -0.541. The summed E-state index contributed by atoms with van der Waals surface area (Å²) in [5.41, 5.74) is 0.682. The Kier molecular flexibility index (Phi) is 6.88. The molecular weight excluding hydrogens is 381 g/mol. The molecule has 0 heterocycles. The Balaban J connectivity index is 2.07. The van der Waals surface area contributed by atoms with Gasteiger partial charge in [0.05, 0.1) is 30.7 Å². The van der Waals surface area contributed by atoms with E-state index in [1.165, 1.54) is 39.3 Å². The molecule has 0 fully saturated rings. The summed E-state index contributed by atoms with van der Waals surface area (Å²) < 4.78 is 24.3. The molecule has 0 saturated carbocycles. The van der Waals surface area contributed by atoms with E-state index in [0.29, 0.717) is 22.2 Å². The molecule has 0 atom stereocenters. The van der Waals surface area contributed by atoms with Crippen molar-refractivity contribution < 1.29 is 23.5 Å². The molecule has 2 aromatic rings. The molecule has 0 bridgehead atoms. The van der Waals surface area contributed by atoms with Crippen LogP contribution in [0.1, 0.15) is 17.3 Å². The van der Waals surface area contributed by atoms with Crippen molar-refractivity contribution in [2.45, 2.75) is 11.8 Å². The number of rotatable bonds is 7. The van der Waals surface area contributed by atoms with Gasteiger partial charge in [-0.3, -0.25) is 9.59 Å². The SMILES string of the molecule is COc1cc(NC(=O)CSc2ccc(C(C)=O)cc2F)c(OC)cc1Cl. The van der Waals surface area contributed by atoms with Gasteiger partial charge in [-0.1, -0.05) is 17.7 Å². The molecule has 1 N–H and O–H groups in total. The maximum Gasteiger partial charge on any atom is 0.234 e. The van der Waals surface area contributed by atoms with Crippen LogP contribution in [0.3, 0.4) is 0 Å². The molecule has 0 spiro atoms. The van der Waals surface area contributed by atoms with Crippen molar-refractivity contribution in [3.8, 4) is 11.5 Å². The van der Waals surface area contributed by atoms with Crippen molar-refractivity contribution in [2.24, 2.45) is 0 Å². The van der Waals surface area contributed by atoms with E-state index in [2.05, 4.69) is 5.32 Å². The van der Waals surface area contributed by atoms with Crippen LogP contribution in [0, 0.1) is 5.82 Å². The third kappa shape index (κ3) is 4.89. The van der Waals surface area contributed by atoms with Crippen molar-refractivity contribution in [3.05, 3.63) is 46.7 Å². The lowest BCUT2D eigenvalue weighted by Gasteiger charge is -2.13. The van der Waals surface area contributed by atoms with E-state index in [4.69, 9.17) is 21.1 Å². The molecule has 0 aromatic heterocycles. The van der Waals surface area contributed by atoms with E-state index in [1.54, 1.807) is 6.07 Å². The summed E-state index contributed by atoms with van der Waals surface area (Å²) in [4.78, 5) is 23.7. The van der Waals surface area contributed by atoms with Crippen molar-refractivity contribution in [2.75, 3.05) is 25.3 Å². The molecule has 0 radical (unpaired) electrons. The fourth-order valence-corrected chi connectivity index (χ4v) is 3.08. The van der Waals surface area contributed by atoms with Crippen molar-refractivity contribution >= 4 is 40.7 Å². The van der Waals surface area contributed by atoms with Crippen LogP contribution in [0.15, 0.2) is 35.2 Å². The van der Waals surface area contributed by atoms with Crippen LogP contribution >= 0.6 is 23.4 Å². The zero-order chi connectivity index (χ0) is 19.3. The number of Topliss-reactive ketones (excluding diaryl/α,β-unsaturated/α-hetero) is 1. The van der Waals surface area contributed by atoms with Gasteiger partial charge >= 0.3 is 0 Å². The van der Waals surface area contributed by atoms with Gasteiger partial charge in [0.2, 0.25) is 5.91 Å². The minimum Gasteiger partial charge on any atom is -0.495 e. The van der Waals surface area contributed by atoms with Crippen molar-refractivity contribution in [1.82, 2.24) is 0 Å². The zero-order valence-electron chi connectivity index (χ0n) is 14.4. The average molecular weight is 398 g/mol. The molecule has 0 unspecified atom stereocenters. The predicted octanol–water partition coefficient (Wildman–Crippen LogP) is 4.43. The third-order valence-corrected chi connectivity index (χ3v) is 4.79. The van der Waals surface area contributed by atoms with E-state index in [1.807, 2.05) is 0 Å². The first-order chi connectivity index (χ1) is 12.3. The molecular formula is C18H17ClFNO4S. The second-order valence-corrected chi connectivity index (χ2v) is 6.65. The Morgan fingerprint density at radius 1 is 1.15 bits per heavy atom. The van der Waals surface area contributed by atoms with Crippen LogP contribution in [0.4, 0.5) is 10.1 Å². The molecule has 2 rings (SSSR count). The molecule has 138 valence electrons. The first-order valence-electron chi connectivity index (χ1n) is 7.50. The van der Waals surface area contributed by atoms with Gasteiger partial charge in [0.25, 0.3) is 0 Å². The molecule has 1 amide bonds. The highest BCUT2D eigenvalue weighted by Gasteiger charge is 2.14. The Labute approximate surface area is 159 Å². The largest absolute Gasteiger partial charge is 0.495 e. The molecule has 2 aromatic carbocycles. The van der Waals surface area contributed by atoms with Gasteiger partial charge in [-0.15, -0.1) is 11.8 Å². The molecule has 0 aliphatic carbocycles. The lowest BCUT2D eigenvalue weighted by Crippen LogP contribution is -2.15. The standard InChI is InChI=1S/C18H17ClFNO4S/c1-10(22)11-4-5-17(13(20)6-11)26-9-18(23)21-14-8-15(24-2)12(19)7-16(14)25-3/h4-8H,9H2,1-3H3,(H,21,23). The number of hydrogen-bond acceptors (Lipinski definition) is 5. The van der Waals surface area contributed by atoms with Crippen LogP contribution in [0.2, 0.25) is 5.02 Å². The molecule has 26 heavy (non-hydrogen) atoms. The summed E-state index contributed by atoms with van der Waals surface area (Å²) in [7, 11) is 2.91. The lowest BCUT2D eigenvalue weighted by atomic mass is 10.1. The molecule has 0 aliphatic heterocycles. The number of thioether (sulfide) groups is 1. The number of hydrogen-bond donors (Lipinski definition) is 1. The average Bonchev–Trinajstić information content (AvgIpc) is 2.61. The second kappa shape index (κ2) is 8.91. The minimum absolute atomic E-state index is 0.0234. The molecule has 8 heteroatoms. The van der Waals surface area contributed by atoms with Gasteiger partial charge < -0.3 is 14.8 Å². The van der Waals surface area contributed by atoms with Crippen molar-refractivity contribution in [1.29, 1.82) is 0 Å². The quantitative estimate of drug-likeness (QED) is 0.553. The summed E-state index contributed by atoms with van der Waals surface area (Å²) in [5.74, 6) is -0.367. The molecule has 0 aliphatic rings. The van der Waals surface area contributed by atoms with Crippen LogP contribution in [-0.4, -0.2) is 31.7 Å². The summed E-state index contributed by atoms with van der Waals surface area (Å²) in [6.07, 6.45) is 0. The van der Waals surface area contributed by atoms with Crippen LogP contribution in [0.5, 0.6) is 11.5 Å². The number of halogens is 2. The first kappa shape index (κ1) is 20.1. The number of ether oxygens (including phenoxy) is 2. The normalized spacial score (nSPS) is 10.3. The van der Waals surface area contributed by atoms with Crippen LogP contribution in [-0.2, 0) is 4.79 Å². The van der Waals surface area contributed by atoms with Gasteiger partial charge in [-0.05, 0) is 19.1 Å². The van der Waals surface area contributed by atoms with Crippen molar-refractivity contribution in [3.63, 3.8) is 0 Å². The Morgan fingerprint density at radius 3 is 2.42 bits per heavy atom. The number of amides is 1. The highest BCUT2D eigenvalue weighted by Crippen LogP contribution is 2.36. The first-order valence-corrected chi connectivity index (χ1v) is 8.86. The highest BCUT2D eigenvalue weighted by atomic mass is 35.5. The summed E-state index contributed by atoms with van der Waals surface area (Å²) in [5, 5.41) is 3.03. The monoisotopic (exact) mass is 397 g/mol. The Bertz CT molecular complexity index is 844. The molecule has 5 nitrogen and oxygen atoms in total. The van der Waals surface area contributed by atoms with Gasteiger partial charge in [-0.25, -0.2) is 4.39 Å². The Morgan fingerprint density at radius 2 is 1.85 bits per heavy atom. The van der Waals surface area contributed by atoms with E-state index >= 15 is 0 Å². The predicted molar refractivity (Wildman–Crippen MR) is 100 cm³/mol. The third-order valence-electron chi connectivity index (χ3n) is 3.45. The second-order valence-electron chi connectivity index (χ2n) is 5.23. The number of nitrogens with one attached hydrogen (secondary N) is 1. The number of anilines is 1. The summed E-state index contributed by atoms with van der Waals surface area (Å²) in [6, 6.07) is 7.25. The number of ketones is 1. The summed E-state index contributed by atoms with van der Waals surface area (Å²) in [6.45, 7) is 1.36. The Hall–Kier alpha value is -2.25. The van der Waals surface area contributed by atoms with Crippen LogP contribution in [0.25, 0.3) is 0 Å². The van der Waals surface area contributed by atoms with Crippen LogP contribution < -0.4 is 14.8 Å². The van der Waals surface area contributed by atoms with E-state index in [-0.39, 0.29) is 27.9 Å². The highest BCUT2D eigenvalue weighted by molar-refractivity contribution is 8.00. The molecule has 0 saturated heterocycles. The van der Waals surface area contributed by atoms with E-state index in [9.17, 15) is 14.0 Å². The van der Waals surface area contributed by atoms with Gasteiger partial charge in [-0.2, -0.15) is 0 Å². The maximum atomic E-state index is 14.0. The fourth-order valence-electron chi connectivity index (χ4n) is 2.12. The number of methoxy groups -OCH3 is 2. The zero-order valence-corrected chi connectivity index (χ0v) is 16.0.